The van der Waals surface area contributed by atoms with Crippen LogP contribution in [0.3, 0.4) is 0 Å². The molecule has 0 bridgehead atoms. The molecular weight excluding hydrogens is 605 g/mol. The maximum absolute atomic E-state index is 11.6. The molecular formula is C34H36N6O3S2. The molecule has 45 heavy (non-hydrogen) atoms. The third-order valence-corrected chi connectivity index (χ3v) is 9.75. The Hall–Kier alpha value is -4.16. The smallest absolute Gasteiger partial charge is 0.322 e. The standard InChI is InChI=1S/C34H36N6O3S2/c1-21-6-8-24(9-7-21)32-38-25(19-44-32)20-45-33-29(18-36)30(28(17-35)31(39-33)40-12-4-5-13-40)27-11-10-26(16-22(27)2)42-14-15-43-34(41)23(3)37/h6-11,16,19,22-23,27,38H,1,4-5,12-15,20,37H2,2-3H3/t22?,23-,27?/m0/s1. The highest BCUT2D eigenvalue weighted by Crippen LogP contribution is 2.42. The molecule has 5 rings (SSSR count). The molecule has 0 amide bonds. The quantitative estimate of drug-likeness (QED) is 0.222. The first-order valence-corrected chi connectivity index (χ1v) is 16.8. The van der Waals surface area contributed by atoms with Crippen LogP contribution in [0.1, 0.15) is 49.3 Å². The van der Waals surface area contributed by atoms with Crippen molar-refractivity contribution in [3.8, 4) is 12.1 Å². The highest BCUT2D eigenvalue weighted by Gasteiger charge is 2.32. The number of ether oxygens (including phenoxy) is 2. The van der Waals surface area contributed by atoms with Crippen LogP contribution in [0.15, 0.2) is 64.4 Å². The van der Waals surface area contributed by atoms with Crippen molar-refractivity contribution >= 4 is 46.9 Å². The van der Waals surface area contributed by atoms with Crippen molar-refractivity contribution in [2.24, 2.45) is 11.7 Å². The van der Waals surface area contributed by atoms with Gasteiger partial charge in [-0.1, -0.05) is 67.4 Å². The number of hydrogen-bond acceptors (Lipinski definition) is 11. The summed E-state index contributed by atoms with van der Waals surface area (Å²) in [6.07, 6.45) is 7.89. The molecule has 232 valence electrons. The maximum atomic E-state index is 11.6. The molecule has 0 radical (unpaired) electrons. The molecule has 2 aliphatic heterocycles. The molecule has 9 nitrogen and oxygen atoms in total. The predicted molar refractivity (Wildman–Crippen MR) is 179 cm³/mol. The molecule has 2 aromatic rings. The van der Waals surface area contributed by atoms with Crippen LogP contribution in [0, 0.1) is 28.6 Å². The highest BCUT2D eigenvalue weighted by atomic mass is 32.2. The van der Waals surface area contributed by atoms with Gasteiger partial charge in [-0.3, -0.25) is 4.79 Å². The Kier molecular flexibility index (Phi) is 10.6. The van der Waals surface area contributed by atoms with Crippen molar-refractivity contribution in [2.45, 2.75) is 43.7 Å². The van der Waals surface area contributed by atoms with Gasteiger partial charge in [-0.05, 0) is 48.5 Å². The fourth-order valence-corrected chi connectivity index (χ4v) is 7.28. The van der Waals surface area contributed by atoms with E-state index >= 15 is 0 Å². The molecule has 1 aromatic heterocycles. The third-order valence-electron chi connectivity index (χ3n) is 7.75. The first-order chi connectivity index (χ1) is 21.8. The SMILES string of the molecule is C=c1ccc(=C2NC(CSc3nc(N4CCCC4)c(C#N)c(C4C=CC(OCCOC(=O)[C@H](C)N)=CC4C)c3C#N)=CS2)cc1. The number of nitrogens with two attached hydrogens (primary N) is 1. The molecule has 0 spiro atoms. The van der Waals surface area contributed by atoms with E-state index in [0.717, 1.165) is 47.1 Å². The molecule has 2 unspecified atom stereocenters. The lowest BCUT2D eigenvalue weighted by atomic mass is 9.80. The van der Waals surface area contributed by atoms with Crippen molar-refractivity contribution in [1.82, 2.24) is 10.3 Å². The van der Waals surface area contributed by atoms with Crippen molar-refractivity contribution < 1.29 is 14.3 Å². The number of nitrogens with zero attached hydrogens (tertiary/aromatic N) is 4. The van der Waals surface area contributed by atoms with Crippen LogP contribution in [0.4, 0.5) is 5.82 Å². The van der Waals surface area contributed by atoms with Crippen LogP contribution in [-0.4, -0.2) is 49.1 Å². The molecule has 0 saturated carbocycles. The third kappa shape index (κ3) is 7.56. The van der Waals surface area contributed by atoms with E-state index in [0.29, 0.717) is 39.0 Å². The van der Waals surface area contributed by atoms with Gasteiger partial charge in [0.1, 0.15) is 48.0 Å². The minimum atomic E-state index is -0.686. The number of benzene rings is 1. The van der Waals surface area contributed by atoms with Gasteiger partial charge in [0.25, 0.3) is 0 Å². The maximum Gasteiger partial charge on any atom is 0.322 e. The molecule has 11 heteroatoms. The minimum absolute atomic E-state index is 0.0695. The Morgan fingerprint density at radius 1 is 1.22 bits per heavy atom. The zero-order valence-electron chi connectivity index (χ0n) is 25.4. The lowest BCUT2D eigenvalue weighted by molar-refractivity contribution is -0.145. The zero-order valence-corrected chi connectivity index (χ0v) is 27.0. The van der Waals surface area contributed by atoms with Crippen molar-refractivity contribution in [2.75, 3.05) is 37.0 Å². The zero-order chi connectivity index (χ0) is 31.9. The molecule has 1 fully saturated rings. The number of carbonyl (C=O) groups excluding carboxylic acids is 1. The van der Waals surface area contributed by atoms with E-state index in [2.05, 4.69) is 34.3 Å². The largest absolute Gasteiger partial charge is 0.490 e. The first kappa shape index (κ1) is 32.2. The van der Waals surface area contributed by atoms with Gasteiger partial charge in [0.2, 0.25) is 0 Å². The number of pyridine rings is 1. The van der Waals surface area contributed by atoms with Crippen LogP contribution in [0.2, 0.25) is 0 Å². The summed E-state index contributed by atoms with van der Waals surface area (Å²) in [5.74, 6) is 1.12. The monoisotopic (exact) mass is 640 g/mol. The van der Waals surface area contributed by atoms with Gasteiger partial charge in [-0.2, -0.15) is 10.5 Å². The number of rotatable bonds is 10. The van der Waals surface area contributed by atoms with Crippen LogP contribution in [0.25, 0.3) is 11.6 Å². The van der Waals surface area contributed by atoms with E-state index in [4.69, 9.17) is 20.2 Å². The second-order valence-corrected chi connectivity index (χ2v) is 13.0. The summed E-state index contributed by atoms with van der Waals surface area (Å²) in [6.45, 7) is 9.51. The van der Waals surface area contributed by atoms with Crippen LogP contribution < -0.4 is 26.4 Å². The fraction of sp³-hybridized carbons (Fsp3) is 0.353. The van der Waals surface area contributed by atoms with E-state index in [-0.39, 0.29) is 25.0 Å². The summed E-state index contributed by atoms with van der Waals surface area (Å²) in [6, 6.07) is 12.2. The fourth-order valence-electron chi connectivity index (χ4n) is 5.41. The van der Waals surface area contributed by atoms with Gasteiger partial charge in [-0.25, -0.2) is 4.98 Å². The summed E-state index contributed by atoms with van der Waals surface area (Å²) >= 11 is 3.14. The summed E-state index contributed by atoms with van der Waals surface area (Å²) in [5, 5.41) is 30.3. The van der Waals surface area contributed by atoms with Gasteiger partial charge in [0, 0.05) is 41.2 Å². The van der Waals surface area contributed by atoms with E-state index in [1.54, 1.807) is 18.7 Å². The summed E-state index contributed by atoms with van der Waals surface area (Å²) in [4.78, 5) is 18.8. The van der Waals surface area contributed by atoms with E-state index in [1.807, 2.05) is 49.4 Å². The number of allylic oxidation sites excluding steroid dienone is 3. The summed E-state index contributed by atoms with van der Waals surface area (Å²) < 4.78 is 10.9. The first-order valence-electron chi connectivity index (χ1n) is 14.9. The number of hydrogen-bond donors (Lipinski definition) is 2. The molecule has 1 aromatic carbocycles. The number of aromatic nitrogens is 1. The lowest BCUT2D eigenvalue weighted by Gasteiger charge is -2.28. The van der Waals surface area contributed by atoms with Crippen LogP contribution in [0.5, 0.6) is 0 Å². The topological polar surface area (TPSA) is 137 Å². The lowest BCUT2D eigenvalue weighted by Crippen LogP contribution is -2.29. The highest BCUT2D eigenvalue weighted by molar-refractivity contribution is 8.10. The number of esters is 1. The number of anilines is 1. The van der Waals surface area contributed by atoms with E-state index in [1.165, 1.54) is 11.8 Å². The van der Waals surface area contributed by atoms with Crippen molar-refractivity contribution in [3.05, 3.63) is 86.5 Å². The van der Waals surface area contributed by atoms with E-state index in [9.17, 15) is 15.3 Å². The minimum Gasteiger partial charge on any atom is -0.490 e. The predicted octanol–water partition coefficient (Wildman–Crippen LogP) is 3.95. The van der Waals surface area contributed by atoms with Gasteiger partial charge in [0.15, 0.2) is 0 Å². The van der Waals surface area contributed by atoms with Crippen LogP contribution >= 0.6 is 23.5 Å². The van der Waals surface area contributed by atoms with Gasteiger partial charge >= 0.3 is 5.97 Å². The van der Waals surface area contributed by atoms with Gasteiger partial charge < -0.3 is 25.4 Å². The van der Waals surface area contributed by atoms with Gasteiger partial charge in [0.05, 0.1) is 16.2 Å². The van der Waals surface area contributed by atoms with E-state index < -0.39 is 12.0 Å². The molecule has 1 saturated heterocycles. The number of nitriles is 2. The molecule has 3 atom stereocenters. The van der Waals surface area contributed by atoms with Crippen molar-refractivity contribution in [1.29, 1.82) is 10.5 Å². The average Bonchev–Trinajstić information content (AvgIpc) is 3.75. The Labute approximate surface area is 272 Å². The molecule has 3 N–H and O–H groups in total. The van der Waals surface area contributed by atoms with Gasteiger partial charge in [-0.15, -0.1) is 0 Å². The average molecular weight is 641 g/mol. The Morgan fingerprint density at radius 2 is 1.96 bits per heavy atom. The summed E-state index contributed by atoms with van der Waals surface area (Å²) in [5.41, 5.74) is 8.16. The summed E-state index contributed by atoms with van der Waals surface area (Å²) in [7, 11) is 0. The second kappa shape index (κ2) is 14.7. The number of thioether (sulfide) groups is 2. The number of carbonyl (C=O) groups is 1. The molecule has 3 heterocycles. The second-order valence-electron chi connectivity index (χ2n) is 11.1. The molecule has 1 aliphatic carbocycles. The normalized spacial score (nSPS) is 19.7. The molecule has 3 aliphatic rings. The Balaban J connectivity index is 1.39. The van der Waals surface area contributed by atoms with Crippen molar-refractivity contribution in [3.63, 3.8) is 0 Å². The Bertz CT molecular complexity index is 1730. The Morgan fingerprint density at radius 3 is 2.62 bits per heavy atom. The van der Waals surface area contributed by atoms with Crippen LogP contribution in [-0.2, 0) is 14.3 Å². The number of nitrogens with one attached hydrogen (secondary N) is 1.